The zero-order valence-electron chi connectivity index (χ0n) is 14.7. The van der Waals surface area contributed by atoms with E-state index in [-0.39, 0.29) is 17.1 Å². The third kappa shape index (κ3) is 6.16. The monoisotopic (exact) mass is 358 g/mol. The molecular weight excluding hydrogens is 336 g/mol. The van der Waals surface area contributed by atoms with E-state index in [1.54, 1.807) is 6.07 Å². The number of carbonyl (C=O) groups excluding carboxylic acids is 1. The second-order valence-electron chi connectivity index (χ2n) is 5.78. The number of hydrogen-bond donors (Lipinski definition) is 0. The average molecular weight is 358 g/mol. The Balaban J connectivity index is 1.81. The van der Waals surface area contributed by atoms with E-state index >= 15 is 0 Å². The van der Waals surface area contributed by atoms with Crippen molar-refractivity contribution >= 4 is 11.7 Å². The zero-order chi connectivity index (χ0) is 18.8. The highest BCUT2D eigenvalue weighted by Gasteiger charge is 2.12. The summed E-state index contributed by atoms with van der Waals surface area (Å²) in [4.78, 5) is 26.2. The van der Waals surface area contributed by atoms with Crippen molar-refractivity contribution in [1.82, 2.24) is 4.98 Å². The van der Waals surface area contributed by atoms with Crippen LogP contribution >= 0.6 is 0 Å². The number of nitro groups is 1. The van der Waals surface area contributed by atoms with Crippen molar-refractivity contribution < 1.29 is 19.2 Å². The van der Waals surface area contributed by atoms with Gasteiger partial charge in [-0.3, -0.25) is 10.1 Å². The molecule has 0 saturated heterocycles. The van der Waals surface area contributed by atoms with Crippen LogP contribution in [0.3, 0.4) is 0 Å². The number of hydrogen-bond acceptors (Lipinski definition) is 6. The highest BCUT2D eigenvalue weighted by molar-refractivity contribution is 5.89. The van der Waals surface area contributed by atoms with E-state index < -0.39 is 10.9 Å². The van der Waals surface area contributed by atoms with Crippen molar-refractivity contribution in [3.63, 3.8) is 0 Å². The second kappa shape index (κ2) is 10.1. The van der Waals surface area contributed by atoms with Crippen molar-refractivity contribution in [3.8, 4) is 11.5 Å². The fraction of sp³-hybridized carbons (Fsp3) is 0.368. The standard InChI is InChI=1S/C19H22N2O5/c1-2-3-4-5-6-13-25-17-11-12-18(20-14-17)19(22)26-16-9-7-15(8-10-16)21(23)24/h7-12,14H,2-6,13H2,1H3. The third-order valence-corrected chi connectivity index (χ3v) is 3.72. The Bertz CT molecular complexity index is 714. The summed E-state index contributed by atoms with van der Waals surface area (Å²) in [6.07, 6.45) is 7.28. The smallest absolute Gasteiger partial charge is 0.362 e. The van der Waals surface area contributed by atoms with Crippen molar-refractivity contribution in [1.29, 1.82) is 0 Å². The zero-order valence-corrected chi connectivity index (χ0v) is 14.7. The van der Waals surface area contributed by atoms with E-state index in [4.69, 9.17) is 9.47 Å². The molecule has 2 aromatic rings. The molecule has 0 bridgehead atoms. The minimum Gasteiger partial charge on any atom is -0.492 e. The number of carbonyl (C=O) groups is 1. The first-order valence-electron chi connectivity index (χ1n) is 8.65. The molecule has 138 valence electrons. The van der Waals surface area contributed by atoms with Crippen LogP contribution in [0.4, 0.5) is 5.69 Å². The summed E-state index contributed by atoms with van der Waals surface area (Å²) >= 11 is 0. The number of non-ortho nitro benzene ring substituents is 1. The summed E-state index contributed by atoms with van der Waals surface area (Å²) in [5.41, 5.74) is 0.0674. The number of benzene rings is 1. The van der Waals surface area contributed by atoms with Crippen LogP contribution in [0.1, 0.15) is 49.5 Å². The van der Waals surface area contributed by atoms with Gasteiger partial charge >= 0.3 is 5.97 Å². The second-order valence-corrected chi connectivity index (χ2v) is 5.78. The molecule has 7 nitrogen and oxygen atoms in total. The van der Waals surface area contributed by atoms with Gasteiger partial charge in [0.25, 0.3) is 5.69 Å². The van der Waals surface area contributed by atoms with Crippen LogP contribution in [-0.2, 0) is 0 Å². The summed E-state index contributed by atoms with van der Waals surface area (Å²) in [6, 6.07) is 8.48. The van der Waals surface area contributed by atoms with E-state index in [0.29, 0.717) is 12.4 Å². The van der Waals surface area contributed by atoms with Crippen LogP contribution in [0.15, 0.2) is 42.6 Å². The van der Waals surface area contributed by atoms with Gasteiger partial charge in [0.2, 0.25) is 0 Å². The summed E-state index contributed by atoms with van der Waals surface area (Å²) in [6.45, 7) is 2.80. The number of nitro benzene ring substituents is 1. The Morgan fingerprint density at radius 1 is 1.04 bits per heavy atom. The normalized spacial score (nSPS) is 10.3. The number of aromatic nitrogens is 1. The minimum atomic E-state index is -0.634. The predicted molar refractivity (Wildman–Crippen MR) is 96.5 cm³/mol. The Labute approximate surface area is 152 Å². The lowest BCUT2D eigenvalue weighted by molar-refractivity contribution is -0.384. The van der Waals surface area contributed by atoms with E-state index in [9.17, 15) is 14.9 Å². The van der Waals surface area contributed by atoms with Crippen molar-refractivity contribution in [2.24, 2.45) is 0 Å². The molecular formula is C19H22N2O5. The average Bonchev–Trinajstić information content (AvgIpc) is 2.65. The summed E-state index contributed by atoms with van der Waals surface area (Å²) in [7, 11) is 0. The van der Waals surface area contributed by atoms with Gasteiger partial charge in [-0.25, -0.2) is 9.78 Å². The highest BCUT2D eigenvalue weighted by atomic mass is 16.6. The van der Waals surface area contributed by atoms with Gasteiger partial charge in [-0.05, 0) is 30.7 Å². The molecule has 0 aliphatic rings. The van der Waals surface area contributed by atoms with Gasteiger partial charge in [0, 0.05) is 12.1 Å². The van der Waals surface area contributed by atoms with Gasteiger partial charge in [0.15, 0.2) is 0 Å². The van der Waals surface area contributed by atoms with E-state index in [2.05, 4.69) is 11.9 Å². The van der Waals surface area contributed by atoms with Gasteiger partial charge in [-0.15, -0.1) is 0 Å². The molecule has 7 heteroatoms. The van der Waals surface area contributed by atoms with Crippen LogP contribution in [-0.4, -0.2) is 22.5 Å². The number of unbranched alkanes of at least 4 members (excludes halogenated alkanes) is 4. The first-order valence-corrected chi connectivity index (χ1v) is 8.65. The fourth-order valence-corrected chi connectivity index (χ4v) is 2.28. The van der Waals surface area contributed by atoms with Gasteiger partial charge in [0.05, 0.1) is 17.7 Å². The molecule has 0 fully saturated rings. The number of rotatable bonds is 10. The Morgan fingerprint density at radius 3 is 2.35 bits per heavy atom. The Hall–Kier alpha value is -2.96. The highest BCUT2D eigenvalue weighted by Crippen LogP contribution is 2.18. The van der Waals surface area contributed by atoms with Crippen LogP contribution in [0.2, 0.25) is 0 Å². The summed E-state index contributed by atoms with van der Waals surface area (Å²) < 4.78 is 10.7. The third-order valence-electron chi connectivity index (χ3n) is 3.72. The number of ether oxygens (including phenoxy) is 2. The molecule has 0 aliphatic heterocycles. The van der Waals surface area contributed by atoms with Crippen LogP contribution in [0.5, 0.6) is 11.5 Å². The summed E-state index contributed by atoms with van der Waals surface area (Å²) in [5.74, 6) is 0.187. The molecule has 0 aliphatic carbocycles. The molecule has 0 amide bonds. The molecule has 0 spiro atoms. The van der Waals surface area contributed by atoms with Crippen LogP contribution < -0.4 is 9.47 Å². The van der Waals surface area contributed by atoms with E-state index in [0.717, 1.165) is 12.8 Å². The first-order chi connectivity index (χ1) is 12.6. The van der Waals surface area contributed by atoms with Gasteiger partial charge in [-0.1, -0.05) is 32.6 Å². The van der Waals surface area contributed by atoms with Gasteiger partial charge in [-0.2, -0.15) is 0 Å². The molecule has 0 unspecified atom stereocenters. The molecule has 26 heavy (non-hydrogen) atoms. The quantitative estimate of drug-likeness (QED) is 0.203. The Morgan fingerprint density at radius 2 is 1.73 bits per heavy atom. The van der Waals surface area contributed by atoms with E-state index in [1.807, 2.05) is 0 Å². The largest absolute Gasteiger partial charge is 0.492 e. The Kier molecular flexibility index (Phi) is 7.54. The summed E-state index contributed by atoms with van der Waals surface area (Å²) in [5, 5.41) is 10.6. The molecule has 0 N–H and O–H groups in total. The predicted octanol–water partition coefficient (Wildman–Crippen LogP) is 4.56. The minimum absolute atomic E-state index is 0.0703. The van der Waals surface area contributed by atoms with Crippen molar-refractivity contribution in [2.75, 3.05) is 6.61 Å². The number of esters is 1. The van der Waals surface area contributed by atoms with Gasteiger partial charge < -0.3 is 9.47 Å². The SMILES string of the molecule is CCCCCCCOc1ccc(C(=O)Oc2ccc([N+](=O)[O-])cc2)nc1. The molecule has 1 aromatic carbocycles. The maximum atomic E-state index is 12.0. The molecule has 0 atom stereocenters. The molecule has 1 heterocycles. The molecule has 1 aromatic heterocycles. The van der Waals surface area contributed by atoms with Crippen molar-refractivity contribution in [3.05, 3.63) is 58.4 Å². The van der Waals surface area contributed by atoms with Crippen LogP contribution in [0.25, 0.3) is 0 Å². The lowest BCUT2D eigenvalue weighted by atomic mass is 10.2. The number of pyridine rings is 1. The molecule has 0 radical (unpaired) electrons. The molecule has 2 rings (SSSR count). The maximum Gasteiger partial charge on any atom is 0.362 e. The number of nitrogens with zero attached hydrogens (tertiary/aromatic N) is 2. The topological polar surface area (TPSA) is 91.6 Å². The van der Waals surface area contributed by atoms with Crippen LogP contribution in [0, 0.1) is 10.1 Å². The van der Waals surface area contributed by atoms with E-state index in [1.165, 1.54) is 55.8 Å². The lowest BCUT2D eigenvalue weighted by Crippen LogP contribution is -2.10. The van der Waals surface area contributed by atoms with Crippen molar-refractivity contribution in [2.45, 2.75) is 39.0 Å². The maximum absolute atomic E-state index is 12.0. The first kappa shape index (κ1) is 19.4. The van der Waals surface area contributed by atoms with Gasteiger partial charge in [0.1, 0.15) is 17.2 Å². The fourth-order valence-electron chi connectivity index (χ4n) is 2.28. The lowest BCUT2D eigenvalue weighted by Gasteiger charge is -2.07. The molecule has 0 saturated carbocycles.